The molecule has 0 aliphatic carbocycles. The van der Waals surface area contributed by atoms with Gasteiger partial charge >= 0.3 is 18.0 Å². The molecule has 0 radical (unpaired) electrons. The minimum Gasteiger partial charge on any atom is -0.481 e. The third-order valence-electron chi connectivity index (χ3n) is 9.69. The Kier molecular flexibility index (Phi) is 18.8. The van der Waals surface area contributed by atoms with E-state index in [2.05, 4.69) is 26.6 Å². The molecular weight excluding hydrogens is 738 g/mol. The third kappa shape index (κ3) is 15.1. The first-order valence-electron chi connectivity index (χ1n) is 19.0. The van der Waals surface area contributed by atoms with E-state index in [1.54, 1.807) is 52.2 Å². The number of ether oxygens (including phenoxy) is 1. The molecule has 17 heteroatoms. The first-order chi connectivity index (χ1) is 26.1. The van der Waals surface area contributed by atoms with Gasteiger partial charge < -0.3 is 46.9 Å². The molecule has 0 aromatic heterocycles. The second kappa shape index (κ2) is 21.5. The summed E-state index contributed by atoms with van der Waals surface area (Å²) >= 11 is 0. The van der Waals surface area contributed by atoms with Crippen molar-refractivity contribution in [3.05, 3.63) is 41.5 Å². The molecule has 1 aromatic carbocycles. The highest BCUT2D eigenvalue weighted by Crippen LogP contribution is 2.31. The number of carbonyl (C=O) groups is 7. The van der Waals surface area contributed by atoms with Crippen LogP contribution in [0.5, 0.6) is 0 Å². The van der Waals surface area contributed by atoms with Crippen LogP contribution in [0.1, 0.15) is 94.6 Å². The lowest BCUT2D eigenvalue weighted by molar-refractivity contribution is -0.141. The van der Waals surface area contributed by atoms with E-state index in [1.165, 1.54) is 24.8 Å². The van der Waals surface area contributed by atoms with Crippen LogP contribution in [0, 0.1) is 17.3 Å². The number of nitrogens with one attached hydrogen (secondary N) is 5. The standard InChI is InChI=1S/C40H65N7O10/c1-21(2)28(19-23(5)37(54)55)47(13)36(53)32(39(7,8)9)46-35(52)31(42-12)40(10,11)25-15-14-16-26(20-25)44-38(56)57-24(6)43-33(50)27(17-18-29(48)49)45-34(51)30(41)22(3)4/h14-16,19-22,24,27-28,30-32,42H,17-18,41H2,1-13H3,(H,43,50)(H,44,56)(H,45,51)(H,46,52)(H,48,49)(H,54,55)/b23-19+/t24?,27?,28-,30+,31-,32-/m1/s1. The van der Waals surface area contributed by atoms with Crippen LogP contribution in [0.2, 0.25) is 0 Å². The van der Waals surface area contributed by atoms with Gasteiger partial charge in [-0.05, 0) is 62.3 Å². The molecule has 1 aromatic rings. The fourth-order valence-electron chi connectivity index (χ4n) is 6.03. The molecule has 5 amide bonds. The van der Waals surface area contributed by atoms with Crippen molar-refractivity contribution in [2.45, 2.75) is 131 Å². The minimum absolute atomic E-state index is 0.0983. The molecule has 6 atom stereocenters. The molecule has 0 fully saturated rings. The molecule has 0 saturated heterocycles. The number of carboxylic acid groups (broad SMARTS) is 2. The summed E-state index contributed by atoms with van der Waals surface area (Å²) in [6.07, 6.45) is -1.22. The van der Waals surface area contributed by atoms with Crippen LogP contribution in [0.4, 0.5) is 10.5 Å². The Hall–Kier alpha value is -5.03. The van der Waals surface area contributed by atoms with Crippen molar-refractivity contribution in [2.75, 3.05) is 19.4 Å². The minimum atomic E-state index is -1.25. The van der Waals surface area contributed by atoms with Crippen LogP contribution in [0.15, 0.2) is 35.9 Å². The molecule has 0 aliphatic rings. The number of hydrogen-bond donors (Lipinski definition) is 8. The molecule has 0 saturated carbocycles. The Balaban J connectivity index is 3.19. The van der Waals surface area contributed by atoms with Crippen LogP contribution in [-0.2, 0) is 38.9 Å². The Morgan fingerprint density at radius 2 is 1.46 bits per heavy atom. The van der Waals surface area contributed by atoms with Gasteiger partial charge in [-0.2, -0.15) is 0 Å². The summed E-state index contributed by atoms with van der Waals surface area (Å²) in [6.45, 7) is 19.2. The zero-order valence-corrected chi connectivity index (χ0v) is 35.6. The van der Waals surface area contributed by atoms with E-state index in [0.29, 0.717) is 11.3 Å². The average molecular weight is 804 g/mol. The fraction of sp³-hybridized carbons (Fsp3) is 0.625. The first kappa shape index (κ1) is 50.0. The van der Waals surface area contributed by atoms with Gasteiger partial charge in [0.2, 0.25) is 23.6 Å². The van der Waals surface area contributed by atoms with Crippen LogP contribution in [-0.4, -0.2) is 107 Å². The van der Waals surface area contributed by atoms with Gasteiger partial charge in [0.15, 0.2) is 6.23 Å². The molecule has 0 aliphatic heterocycles. The number of anilines is 1. The van der Waals surface area contributed by atoms with Crippen molar-refractivity contribution in [1.29, 1.82) is 0 Å². The summed E-state index contributed by atoms with van der Waals surface area (Å²) in [6, 6.07) is 2.13. The molecular formula is C40H65N7O10. The molecule has 57 heavy (non-hydrogen) atoms. The number of carboxylic acids is 2. The predicted molar refractivity (Wildman–Crippen MR) is 216 cm³/mol. The summed E-state index contributed by atoms with van der Waals surface area (Å²) in [5.74, 6) is -4.87. The molecule has 2 unspecified atom stereocenters. The number of carbonyl (C=O) groups excluding carboxylic acids is 5. The Bertz CT molecular complexity index is 1640. The summed E-state index contributed by atoms with van der Waals surface area (Å²) in [4.78, 5) is 90.7. The number of aliphatic carboxylic acids is 2. The quantitative estimate of drug-likeness (QED) is 0.0700. The number of hydrogen-bond acceptors (Lipinski definition) is 10. The van der Waals surface area contributed by atoms with E-state index < -0.39 is 89.4 Å². The lowest BCUT2D eigenvalue weighted by Gasteiger charge is -2.40. The number of nitrogens with two attached hydrogens (primary N) is 1. The Labute approximate surface area is 336 Å². The third-order valence-corrected chi connectivity index (χ3v) is 9.69. The van der Waals surface area contributed by atoms with Crippen molar-refractivity contribution in [3.63, 3.8) is 0 Å². The van der Waals surface area contributed by atoms with Crippen LogP contribution in [0.25, 0.3) is 0 Å². The van der Waals surface area contributed by atoms with Gasteiger partial charge in [-0.1, -0.05) is 80.5 Å². The molecule has 0 bridgehead atoms. The molecule has 0 spiro atoms. The number of amides is 5. The van der Waals surface area contributed by atoms with Crippen molar-refractivity contribution in [2.24, 2.45) is 23.0 Å². The van der Waals surface area contributed by atoms with Crippen molar-refractivity contribution in [1.82, 2.24) is 26.2 Å². The lowest BCUT2D eigenvalue weighted by atomic mass is 9.76. The smallest absolute Gasteiger partial charge is 0.413 e. The number of likely N-dealkylation sites (N-methyl/N-ethyl adjacent to an activating group) is 2. The van der Waals surface area contributed by atoms with Gasteiger partial charge in [0.05, 0.1) is 18.1 Å². The van der Waals surface area contributed by atoms with Crippen LogP contribution < -0.4 is 32.3 Å². The molecule has 17 nitrogen and oxygen atoms in total. The average Bonchev–Trinajstić information content (AvgIpc) is 3.09. The second-order valence-corrected chi connectivity index (χ2v) is 16.6. The summed E-state index contributed by atoms with van der Waals surface area (Å²) in [5, 5.41) is 32.1. The van der Waals surface area contributed by atoms with E-state index >= 15 is 0 Å². The molecule has 320 valence electrons. The zero-order valence-electron chi connectivity index (χ0n) is 35.6. The van der Waals surface area contributed by atoms with Crippen molar-refractivity contribution in [3.8, 4) is 0 Å². The Morgan fingerprint density at radius 1 is 0.860 bits per heavy atom. The first-order valence-corrected chi connectivity index (χ1v) is 19.0. The molecule has 0 heterocycles. The van der Waals surface area contributed by atoms with E-state index in [4.69, 9.17) is 15.6 Å². The maximum Gasteiger partial charge on any atom is 0.413 e. The van der Waals surface area contributed by atoms with Gasteiger partial charge in [0, 0.05) is 30.1 Å². The number of nitrogens with zero attached hydrogens (tertiary/aromatic N) is 1. The predicted octanol–water partition coefficient (Wildman–Crippen LogP) is 2.94. The van der Waals surface area contributed by atoms with E-state index in [1.807, 2.05) is 48.5 Å². The maximum absolute atomic E-state index is 14.0. The number of benzene rings is 1. The highest BCUT2D eigenvalue weighted by Gasteiger charge is 2.42. The maximum atomic E-state index is 14.0. The Morgan fingerprint density at radius 3 is 1.95 bits per heavy atom. The van der Waals surface area contributed by atoms with Gasteiger partial charge in [0.1, 0.15) is 12.1 Å². The SMILES string of the molecule is CN[C@H](C(=O)N[C@H](C(=O)N(C)[C@H](/C=C(\C)C(=O)O)C(C)C)C(C)(C)C)C(C)(C)c1cccc(NC(=O)OC(C)NC(=O)C(CCC(=O)O)NC(=O)[C@@H](N)C(C)C)c1. The van der Waals surface area contributed by atoms with Gasteiger partial charge in [0.25, 0.3) is 0 Å². The monoisotopic (exact) mass is 803 g/mol. The lowest BCUT2D eigenvalue weighted by Crippen LogP contribution is -2.61. The summed E-state index contributed by atoms with van der Waals surface area (Å²) in [7, 11) is 3.21. The largest absolute Gasteiger partial charge is 0.481 e. The van der Waals surface area contributed by atoms with E-state index in [9.17, 15) is 38.7 Å². The zero-order chi connectivity index (χ0) is 44.2. The summed E-state index contributed by atoms with van der Waals surface area (Å²) in [5.41, 5.74) is 5.27. The van der Waals surface area contributed by atoms with Gasteiger partial charge in [-0.25, -0.2) is 9.59 Å². The molecule has 9 N–H and O–H groups in total. The van der Waals surface area contributed by atoms with Crippen molar-refractivity contribution >= 4 is 47.3 Å². The second-order valence-electron chi connectivity index (χ2n) is 16.6. The van der Waals surface area contributed by atoms with Crippen molar-refractivity contribution < 1.29 is 48.5 Å². The summed E-state index contributed by atoms with van der Waals surface area (Å²) < 4.78 is 5.32. The van der Waals surface area contributed by atoms with Gasteiger partial charge in [-0.3, -0.25) is 29.3 Å². The normalized spacial score (nSPS) is 15.3. The number of rotatable bonds is 20. The van der Waals surface area contributed by atoms with E-state index in [0.717, 1.165) is 0 Å². The topological polar surface area (TPSA) is 259 Å². The van der Waals surface area contributed by atoms with Crippen LogP contribution >= 0.6 is 0 Å². The fourth-order valence-corrected chi connectivity index (χ4v) is 6.03. The van der Waals surface area contributed by atoms with Gasteiger partial charge in [-0.15, -0.1) is 0 Å². The highest BCUT2D eigenvalue weighted by atomic mass is 16.6. The molecule has 1 rings (SSSR count). The van der Waals surface area contributed by atoms with Crippen LogP contribution in [0.3, 0.4) is 0 Å². The van der Waals surface area contributed by atoms with E-state index in [-0.39, 0.29) is 29.7 Å². The highest BCUT2D eigenvalue weighted by molar-refractivity contribution is 5.92.